The molecule has 0 saturated carbocycles. The van der Waals surface area contributed by atoms with Crippen LogP contribution in [0.15, 0.2) is 208 Å². The molecule has 0 aliphatic carbocycles. The van der Waals surface area contributed by atoms with Crippen molar-refractivity contribution in [1.82, 2.24) is 74.8 Å². The van der Waals surface area contributed by atoms with E-state index in [4.69, 9.17) is 5.26 Å². The number of nitrogens with zero attached hydrogens (tertiary/aromatic N) is 16. The van der Waals surface area contributed by atoms with Gasteiger partial charge in [-0.2, -0.15) is 5.26 Å². The summed E-state index contributed by atoms with van der Waals surface area (Å²) >= 11 is 0. The Morgan fingerprint density at radius 1 is 0.195 bits per heavy atom. The normalized spacial score (nSPS) is 11.5. The van der Waals surface area contributed by atoms with Gasteiger partial charge in [0.15, 0.2) is 0 Å². The maximum Gasteiger partial charge on any atom is 0.133 e. The summed E-state index contributed by atoms with van der Waals surface area (Å²) in [6.07, 6.45) is 27.7. The average Bonchev–Trinajstić information content (AvgIpc) is 0.823. The largest absolute Gasteiger partial charge is 0.260 e. The van der Waals surface area contributed by atoms with Gasteiger partial charge in [0, 0.05) is 142 Å². The molecule has 0 spiro atoms. The smallest absolute Gasteiger partial charge is 0.133 e. The summed E-state index contributed by atoms with van der Waals surface area (Å²) in [5, 5.41) is 8.96. The van der Waals surface area contributed by atoms with Crippen molar-refractivity contribution in [2.24, 2.45) is 0 Å². The van der Waals surface area contributed by atoms with E-state index in [2.05, 4.69) is 448 Å². The van der Waals surface area contributed by atoms with Gasteiger partial charge < -0.3 is 0 Å². The van der Waals surface area contributed by atoms with Crippen molar-refractivity contribution < 1.29 is 0 Å². The minimum absolute atomic E-state index is 0. The van der Waals surface area contributed by atoms with E-state index in [1.807, 2.05) is 141 Å². The van der Waals surface area contributed by atoms with Gasteiger partial charge >= 0.3 is 0 Å². The number of aromatic nitrogens is 15. The number of aryl methyl sites for hydroxylation is 10. The van der Waals surface area contributed by atoms with Crippen LogP contribution in [-0.2, 0) is 65.0 Å². The van der Waals surface area contributed by atoms with E-state index in [1.54, 1.807) is 18.6 Å². The Morgan fingerprint density at radius 3 is 0.654 bits per heavy atom. The Bertz CT molecular complexity index is 4370. The highest BCUT2D eigenvalue weighted by Crippen LogP contribution is 2.29. The summed E-state index contributed by atoms with van der Waals surface area (Å²) in [6.45, 7) is 97.5. The van der Waals surface area contributed by atoms with Crippen LogP contribution in [0.2, 0.25) is 0 Å². The van der Waals surface area contributed by atoms with Crippen molar-refractivity contribution in [3.8, 4) is 6.07 Å². The first-order valence-electron chi connectivity index (χ1n) is 46.3. The zero-order valence-corrected chi connectivity index (χ0v) is 90.8. The highest BCUT2D eigenvalue weighted by Gasteiger charge is 2.24. The number of rotatable bonds is 0. The standard InChI is InChI=1S/C12H15N.2C11H16.C10H15N.C10H14.6C9H14N2.C8H12N2.CH4/c1-9-5-6-11(12(2,3)4)10(7-9)8-13;2*1-9-5-7-10(8-6-9)11(2,3)4;1-8-5-6-9(11-7-8)10(2,3)4;1-10(2,3)9-7-5-4-6-8-9;1-7-5-11-8(6-10-7)9(2,3)4;5*1-7-5-10-8(11-6-7)9(2,3)4;1-8(2,3)7-9-5-4-6-10-7;/h5-7H,1-4H3;2*5-8H,1-4H3;5-7H,1-4H3;4-8H,1-3H3;6*5-6H,1-4H3;4-6H,1-3H3;1H4. The Morgan fingerprint density at radius 2 is 0.444 bits per heavy atom. The fraction of sp³-hybridized carbons (Fsp3) is 0.504. The Labute approximate surface area is 810 Å². The van der Waals surface area contributed by atoms with Gasteiger partial charge in [0.05, 0.1) is 23.0 Å². The third-order valence-corrected chi connectivity index (χ3v) is 19.3. The lowest BCUT2D eigenvalue weighted by molar-refractivity contribution is 0.544. The molecule has 0 aliphatic heterocycles. The van der Waals surface area contributed by atoms with Crippen LogP contribution >= 0.6 is 0 Å². The minimum Gasteiger partial charge on any atom is -0.260 e. The van der Waals surface area contributed by atoms with Crippen molar-refractivity contribution in [3.05, 3.63) is 338 Å². The van der Waals surface area contributed by atoms with Crippen LogP contribution in [0.3, 0.4) is 0 Å². The second kappa shape index (κ2) is 53.8. The highest BCUT2D eigenvalue weighted by atomic mass is 14.9. The maximum absolute atomic E-state index is 8.96. The topological polar surface area (TPSA) is 217 Å². The molecule has 12 rings (SSSR count). The van der Waals surface area contributed by atoms with Crippen LogP contribution in [0.5, 0.6) is 0 Å². The van der Waals surface area contributed by atoms with Crippen molar-refractivity contribution >= 4 is 0 Å². The Balaban J connectivity index is 0.00000143. The molecule has 16 heteroatoms. The first kappa shape index (κ1) is 122. The second-order valence-corrected chi connectivity index (χ2v) is 46.5. The molecule has 0 radical (unpaired) electrons. The molecule has 8 aromatic heterocycles. The van der Waals surface area contributed by atoms with Crippen LogP contribution in [-0.4, -0.2) is 74.8 Å². The van der Waals surface area contributed by atoms with Crippen LogP contribution in [0.4, 0.5) is 0 Å². The molecule has 0 saturated heterocycles. The number of pyridine rings is 1. The van der Waals surface area contributed by atoms with Gasteiger partial charge in [-0.05, 0) is 170 Å². The lowest BCUT2D eigenvalue weighted by Gasteiger charge is -2.20. The van der Waals surface area contributed by atoms with E-state index in [0.29, 0.717) is 5.41 Å². The average molecular weight is 1810 g/mol. The quantitative estimate of drug-likeness (QED) is 0.138. The molecule has 0 unspecified atom stereocenters. The van der Waals surface area contributed by atoms with Crippen LogP contribution in [0, 0.1) is 80.6 Å². The fourth-order valence-electron chi connectivity index (χ4n) is 10.7. The first-order chi connectivity index (χ1) is 60.1. The molecule has 0 atom stereocenters. The van der Waals surface area contributed by atoms with E-state index in [9.17, 15) is 0 Å². The third kappa shape index (κ3) is 51.8. The fourth-order valence-corrected chi connectivity index (χ4v) is 10.7. The van der Waals surface area contributed by atoms with E-state index in [1.165, 1.54) is 33.4 Å². The Kier molecular flexibility index (Phi) is 49.4. The predicted octanol–water partition coefficient (Wildman–Crippen LogP) is 30.3. The predicted molar refractivity (Wildman–Crippen MR) is 567 cm³/mol. The van der Waals surface area contributed by atoms with E-state index in [-0.39, 0.29) is 67.0 Å². The number of nitriles is 1. The molecule has 8 heterocycles. The monoisotopic (exact) mass is 1810 g/mol. The van der Waals surface area contributed by atoms with Crippen LogP contribution < -0.4 is 0 Å². The molecule has 0 amide bonds. The molecule has 0 fully saturated rings. The lowest BCUT2D eigenvalue weighted by Crippen LogP contribution is -2.15. The van der Waals surface area contributed by atoms with Gasteiger partial charge in [-0.1, -0.05) is 365 Å². The minimum atomic E-state index is 0. The Hall–Kier alpha value is -10.9. The second-order valence-electron chi connectivity index (χ2n) is 46.5. The molecule has 0 aliphatic rings. The summed E-state index contributed by atoms with van der Waals surface area (Å²) in [7, 11) is 0. The molecule has 4 aromatic carbocycles. The van der Waals surface area contributed by atoms with Crippen molar-refractivity contribution in [2.75, 3.05) is 0 Å². The van der Waals surface area contributed by atoms with Gasteiger partial charge in [0.1, 0.15) is 34.9 Å². The summed E-state index contributed by atoms with van der Waals surface area (Å²) in [4.78, 5) is 63.5. The number of hydrogen-bond donors (Lipinski definition) is 0. The van der Waals surface area contributed by atoms with Crippen molar-refractivity contribution in [3.63, 3.8) is 0 Å². The molecule has 12 aromatic rings. The van der Waals surface area contributed by atoms with E-state index < -0.39 is 0 Å². The van der Waals surface area contributed by atoms with Crippen molar-refractivity contribution in [2.45, 2.75) is 391 Å². The molecule has 0 bridgehead atoms. The number of benzene rings is 4. The zero-order chi connectivity index (χ0) is 102. The van der Waals surface area contributed by atoms with E-state index in [0.717, 1.165) is 96.5 Å². The summed E-state index contributed by atoms with van der Waals surface area (Å²) < 4.78 is 0. The lowest BCUT2D eigenvalue weighted by atomic mass is 9.83. The van der Waals surface area contributed by atoms with Gasteiger partial charge in [0.25, 0.3) is 0 Å². The molecule has 16 nitrogen and oxygen atoms in total. The van der Waals surface area contributed by atoms with Gasteiger partial charge in [-0.3, -0.25) is 15.0 Å². The van der Waals surface area contributed by atoms with E-state index >= 15 is 0 Å². The molecular weight excluding hydrogens is 1630 g/mol. The molecule has 0 N–H and O–H groups in total. The summed E-state index contributed by atoms with van der Waals surface area (Å²) in [5.74, 6) is 5.43. The van der Waals surface area contributed by atoms with Gasteiger partial charge in [-0.25, -0.2) is 59.8 Å². The highest BCUT2D eigenvalue weighted by molar-refractivity contribution is 5.44. The van der Waals surface area contributed by atoms with Crippen LogP contribution in [0.1, 0.15) is 387 Å². The molecule has 133 heavy (non-hydrogen) atoms. The molecular formula is C117H176N16. The van der Waals surface area contributed by atoms with Gasteiger partial charge in [-0.15, -0.1) is 0 Å². The first-order valence-corrected chi connectivity index (χ1v) is 46.3. The van der Waals surface area contributed by atoms with Gasteiger partial charge in [0.2, 0.25) is 0 Å². The maximum atomic E-state index is 8.96. The zero-order valence-electron chi connectivity index (χ0n) is 90.8. The van der Waals surface area contributed by atoms with Crippen molar-refractivity contribution in [1.29, 1.82) is 5.26 Å². The summed E-state index contributed by atoms with van der Waals surface area (Å²) in [5.41, 5.74) is 21.5. The SMILES string of the molecule is C.CC(C)(C)c1ccccc1.CC(C)(C)c1ncccn1.Cc1ccc(C(C)(C)C)c(C#N)c1.Cc1ccc(C(C)(C)C)cc1.Cc1ccc(C(C)(C)C)cc1.Cc1ccc(C(C)(C)C)nc1.Cc1cnc(C(C)(C)C)cn1.Cc1cnc(C(C)(C)C)nc1.Cc1cnc(C(C)(C)C)nc1.Cc1cnc(C(C)(C)C)nc1.Cc1cnc(C(C)(C)C)nc1.Cc1cnc(C(C)(C)C)nc1. The third-order valence-electron chi connectivity index (χ3n) is 19.3. The van der Waals surface area contributed by atoms with Crippen LogP contribution in [0.25, 0.3) is 0 Å². The molecule has 724 valence electrons. The number of hydrogen-bond acceptors (Lipinski definition) is 16. The summed E-state index contributed by atoms with van der Waals surface area (Å²) in [6, 6.07) is 42.4.